The van der Waals surface area contributed by atoms with Crippen molar-refractivity contribution in [3.63, 3.8) is 0 Å². The van der Waals surface area contributed by atoms with E-state index < -0.39 is 0 Å². The van der Waals surface area contributed by atoms with Crippen molar-refractivity contribution in [2.75, 3.05) is 6.61 Å². The van der Waals surface area contributed by atoms with Gasteiger partial charge in [-0.2, -0.15) is 0 Å². The molecule has 0 heterocycles. The number of rotatable bonds is 3. The zero-order valence-corrected chi connectivity index (χ0v) is 9.81. The maximum atomic E-state index is 5.64. The lowest BCUT2D eigenvalue weighted by Gasteiger charge is -2.27. The van der Waals surface area contributed by atoms with Crippen LogP contribution in [0.4, 0.5) is 0 Å². The van der Waals surface area contributed by atoms with E-state index in [1.165, 1.54) is 42.3 Å². The van der Waals surface area contributed by atoms with Gasteiger partial charge in [-0.25, -0.2) is 0 Å². The van der Waals surface area contributed by atoms with Crippen molar-refractivity contribution in [1.82, 2.24) is 0 Å². The van der Waals surface area contributed by atoms with Gasteiger partial charge in [0.1, 0.15) is 0 Å². The minimum atomic E-state index is 0.639. The highest BCUT2D eigenvalue weighted by molar-refractivity contribution is 6.11. The molecule has 0 aromatic rings. The van der Waals surface area contributed by atoms with E-state index >= 15 is 0 Å². The molecule has 0 radical (unpaired) electrons. The summed E-state index contributed by atoms with van der Waals surface area (Å²) in [5.74, 6) is 0.912. The third-order valence-corrected chi connectivity index (χ3v) is 4.02. The first kappa shape index (κ1) is 9.27. The van der Waals surface area contributed by atoms with Crippen LogP contribution in [0, 0.1) is 5.92 Å². The highest BCUT2D eigenvalue weighted by atomic mass is 28.1. The molecule has 0 spiro atoms. The summed E-state index contributed by atoms with van der Waals surface area (Å²) >= 11 is 0. The Morgan fingerprint density at radius 1 is 1.36 bits per heavy atom. The van der Waals surface area contributed by atoms with Crippen molar-refractivity contribution in [3.05, 3.63) is 0 Å². The van der Waals surface area contributed by atoms with Gasteiger partial charge in [0.25, 0.3) is 0 Å². The number of ether oxygens (including phenoxy) is 1. The molecule has 1 unspecified atom stereocenters. The van der Waals surface area contributed by atoms with Crippen LogP contribution in [-0.2, 0) is 4.74 Å². The van der Waals surface area contributed by atoms with Gasteiger partial charge in [-0.1, -0.05) is 19.3 Å². The zero-order valence-electron chi connectivity index (χ0n) is 7.81. The van der Waals surface area contributed by atoms with Crippen LogP contribution in [-0.4, -0.2) is 22.6 Å². The quantitative estimate of drug-likeness (QED) is 0.583. The van der Waals surface area contributed by atoms with Gasteiger partial charge in [-0.3, -0.25) is 0 Å². The number of hydrogen-bond donors (Lipinski definition) is 0. The van der Waals surface area contributed by atoms with Crippen LogP contribution in [0.15, 0.2) is 0 Å². The second-order valence-corrected chi connectivity index (χ2v) is 4.70. The molecule has 1 atom stereocenters. The van der Waals surface area contributed by atoms with E-state index in [-0.39, 0.29) is 0 Å². The van der Waals surface area contributed by atoms with Crippen molar-refractivity contribution in [2.45, 2.75) is 44.8 Å². The second-order valence-electron chi connectivity index (χ2n) is 3.56. The Kier molecular flexibility index (Phi) is 4.16. The van der Waals surface area contributed by atoms with Crippen LogP contribution in [0.3, 0.4) is 0 Å². The normalized spacial score (nSPS) is 23.7. The summed E-state index contributed by atoms with van der Waals surface area (Å²) in [6, 6.07) is 0. The second kappa shape index (κ2) is 4.94. The monoisotopic (exact) mass is 172 g/mol. The Morgan fingerprint density at radius 3 is 2.55 bits per heavy atom. The van der Waals surface area contributed by atoms with Crippen molar-refractivity contribution >= 4 is 10.2 Å². The molecular weight excluding hydrogens is 152 g/mol. The molecule has 1 nitrogen and oxygen atoms in total. The molecule has 1 saturated carbocycles. The van der Waals surface area contributed by atoms with Gasteiger partial charge >= 0.3 is 0 Å². The standard InChI is InChI=1S/C9H20OSi/c1-2-10-9(11)8-6-4-3-5-7-8/h8-9H,2-7H2,1,11H3. The Bertz CT molecular complexity index is 99.7. The molecule has 1 aliphatic carbocycles. The molecule has 0 aromatic carbocycles. The lowest BCUT2D eigenvalue weighted by molar-refractivity contribution is 0.0626. The minimum absolute atomic E-state index is 0.639. The Balaban J connectivity index is 2.21. The average molecular weight is 172 g/mol. The molecule has 66 valence electrons. The molecule has 1 fully saturated rings. The summed E-state index contributed by atoms with van der Waals surface area (Å²) in [6.45, 7) is 3.01. The summed E-state index contributed by atoms with van der Waals surface area (Å²) in [5, 5.41) is 0. The van der Waals surface area contributed by atoms with Gasteiger partial charge < -0.3 is 4.74 Å². The van der Waals surface area contributed by atoms with Gasteiger partial charge in [0.2, 0.25) is 0 Å². The van der Waals surface area contributed by atoms with Crippen LogP contribution in [0.5, 0.6) is 0 Å². The molecule has 0 saturated heterocycles. The Labute approximate surface area is 72.9 Å². The van der Waals surface area contributed by atoms with Gasteiger partial charge in [0, 0.05) is 22.6 Å². The topological polar surface area (TPSA) is 9.23 Å². The van der Waals surface area contributed by atoms with Gasteiger partial charge in [-0.05, 0) is 25.7 Å². The highest BCUT2D eigenvalue weighted by Crippen LogP contribution is 2.26. The Hall–Kier alpha value is 0.177. The van der Waals surface area contributed by atoms with E-state index in [1.807, 2.05) is 0 Å². The van der Waals surface area contributed by atoms with E-state index in [2.05, 4.69) is 6.92 Å². The van der Waals surface area contributed by atoms with Crippen LogP contribution >= 0.6 is 0 Å². The maximum absolute atomic E-state index is 5.64. The fourth-order valence-electron chi connectivity index (χ4n) is 2.00. The van der Waals surface area contributed by atoms with E-state index in [1.54, 1.807) is 0 Å². The van der Waals surface area contributed by atoms with Gasteiger partial charge in [0.05, 0.1) is 0 Å². The van der Waals surface area contributed by atoms with Crippen molar-refractivity contribution < 1.29 is 4.74 Å². The summed E-state index contributed by atoms with van der Waals surface area (Å²) < 4.78 is 5.64. The molecule has 0 aliphatic heterocycles. The first-order chi connectivity index (χ1) is 5.34. The first-order valence-electron chi connectivity index (χ1n) is 4.96. The van der Waals surface area contributed by atoms with Crippen LogP contribution in [0.2, 0.25) is 0 Å². The summed E-state index contributed by atoms with van der Waals surface area (Å²) in [5.41, 5.74) is 0.639. The van der Waals surface area contributed by atoms with E-state index in [0.717, 1.165) is 12.5 Å². The largest absolute Gasteiger partial charge is 0.383 e. The summed E-state index contributed by atoms with van der Waals surface area (Å²) in [4.78, 5) is 0. The highest BCUT2D eigenvalue weighted by Gasteiger charge is 2.19. The van der Waals surface area contributed by atoms with Crippen LogP contribution in [0.25, 0.3) is 0 Å². The molecular formula is C9H20OSi. The lowest BCUT2D eigenvalue weighted by atomic mass is 9.90. The summed E-state index contributed by atoms with van der Waals surface area (Å²) in [6.07, 6.45) is 7.19. The van der Waals surface area contributed by atoms with Gasteiger partial charge in [-0.15, -0.1) is 0 Å². The number of hydrogen-bond acceptors (Lipinski definition) is 1. The van der Waals surface area contributed by atoms with E-state index in [9.17, 15) is 0 Å². The predicted octanol–water partition coefficient (Wildman–Crippen LogP) is 1.29. The third-order valence-electron chi connectivity index (χ3n) is 2.74. The Morgan fingerprint density at radius 2 is 2.00 bits per heavy atom. The van der Waals surface area contributed by atoms with Crippen molar-refractivity contribution in [2.24, 2.45) is 5.92 Å². The fourth-order valence-corrected chi connectivity index (χ4v) is 3.00. The molecule has 1 aliphatic rings. The zero-order chi connectivity index (χ0) is 8.10. The lowest BCUT2D eigenvalue weighted by Crippen LogP contribution is -2.26. The van der Waals surface area contributed by atoms with Gasteiger partial charge in [0.15, 0.2) is 0 Å². The van der Waals surface area contributed by atoms with Crippen LogP contribution < -0.4 is 0 Å². The molecule has 0 N–H and O–H groups in total. The average Bonchev–Trinajstić information content (AvgIpc) is 2.07. The third kappa shape index (κ3) is 2.95. The molecule has 0 aromatic heterocycles. The molecule has 1 rings (SSSR count). The molecule has 2 heteroatoms. The molecule has 0 amide bonds. The minimum Gasteiger partial charge on any atom is -0.383 e. The molecule has 0 bridgehead atoms. The smallest absolute Gasteiger partial charge is 0.0436 e. The fraction of sp³-hybridized carbons (Fsp3) is 1.00. The molecule has 11 heavy (non-hydrogen) atoms. The van der Waals surface area contributed by atoms with Crippen LogP contribution in [0.1, 0.15) is 39.0 Å². The predicted molar refractivity (Wildman–Crippen MR) is 51.9 cm³/mol. The van der Waals surface area contributed by atoms with E-state index in [4.69, 9.17) is 4.74 Å². The van der Waals surface area contributed by atoms with Crippen molar-refractivity contribution in [1.29, 1.82) is 0 Å². The van der Waals surface area contributed by atoms with E-state index in [0.29, 0.717) is 5.73 Å². The maximum Gasteiger partial charge on any atom is 0.0436 e. The SMILES string of the molecule is CCOC([SiH3])C1CCCCC1. The van der Waals surface area contributed by atoms with Crippen molar-refractivity contribution in [3.8, 4) is 0 Å². The first-order valence-corrected chi connectivity index (χ1v) is 6.11. The summed E-state index contributed by atoms with van der Waals surface area (Å²) in [7, 11) is 1.22.